The molecule has 104 valence electrons. The molecule has 0 atom stereocenters. The third-order valence-corrected chi connectivity index (χ3v) is 3.69. The van der Waals surface area contributed by atoms with E-state index in [9.17, 15) is 0 Å². The fourth-order valence-electron chi connectivity index (χ4n) is 2.14. The van der Waals surface area contributed by atoms with Crippen LogP contribution in [-0.4, -0.2) is 42.8 Å². The highest BCUT2D eigenvalue weighted by Crippen LogP contribution is 2.14. The number of morpholine rings is 1. The maximum absolute atomic E-state index is 5.49. The van der Waals surface area contributed by atoms with E-state index in [1.54, 1.807) is 0 Å². The van der Waals surface area contributed by atoms with E-state index in [0.717, 1.165) is 49.9 Å². The van der Waals surface area contributed by atoms with Crippen LogP contribution in [0.15, 0.2) is 24.3 Å². The summed E-state index contributed by atoms with van der Waals surface area (Å²) in [6, 6.07) is 8.28. The Kier molecular flexibility index (Phi) is 5.61. The van der Waals surface area contributed by atoms with Gasteiger partial charge in [-0.3, -0.25) is 0 Å². The summed E-state index contributed by atoms with van der Waals surface area (Å²) in [4.78, 5) is 3.31. The largest absolute Gasteiger partial charge is 0.494 e. The van der Waals surface area contributed by atoms with Gasteiger partial charge in [-0.1, -0.05) is 24.4 Å². The van der Waals surface area contributed by atoms with Gasteiger partial charge in [-0.2, -0.15) is 0 Å². The molecule has 0 bridgehead atoms. The summed E-state index contributed by atoms with van der Waals surface area (Å²) in [5.74, 6) is 0.932. The fraction of sp³-hybridized carbons (Fsp3) is 0.533. The average Bonchev–Trinajstić information content (AvgIpc) is 2.47. The molecule has 0 aromatic heterocycles. The minimum Gasteiger partial charge on any atom is -0.494 e. The quantitative estimate of drug-likeness (QED) is 0.773. The topological polar surface area (TPSA) is 21.7 Å². The summed E-state index contributed by atoms with van der Waals surface area (Å²) in [6.07, 6.45) is 1.92. The van der Waals surface area contributed by atoms with Gasteiger partial charge in [0.15, 0.2) is 0 Å². The molecule has 2 rings (SSSR count). The molecule has 0 saturated carbocycles. The first kappa shape index (κ1) is 14.3. The first-order chi connectivity index (χ1) is 9.29. The SMILES string of the molecule is CCOc1ccc(CCC(=S)N2CCOCC2)cc1. The molecule has 19 heavy (non-hydrogen) atoms. The van der Waals surface area contributed by atoms with Crippen molar-refractivity contribution in [2.24, 2.45) is 0 Å². The van der Waals surface area contributed by atoms with Gasteiger partial charge in [0.1, 0.15) is 5.75 Å². The lowest BCUT2D eigenvalue weighted by molar-refractivity contribution is 0.0683. The number of aryl methyl sites for hydroxylation is 1. The van der Waals surface area contributed by atoms with Crippen LogP contribution in [0.3, 0.4) is 0 Å². The maximum Gasteiger partial charge on any atom is 0.119 e. The van der Waals surface area contributed by atoms with Gasteiger partial charge in [-0.15, -0.1) is 0 Å². The zero-order chi connectivity index (χ0) is 13.5. The molecule has 4 heteroatoms. The number of rotatable bonds is 5. The van der Waals surface area contributed by atoms with E-state index < -0.39 is 0 Å². The third-order valence-electron chi connectivity index (χ3n) is 3.23. The maximum atomic E-state index is 5.49. The van der Waals surface area contributed by atoms with Crippen LogP contribution in [0, 0.1) is 0 Å². The van der Waals surface area contributed by atoms with E-state index in [4.69, 9.17) is 21.7 Å². The van der Waals surface area contributed by atoms with Gasteiger partial charge in [0.2, 0.25) is 0 Å². The molecular weight excluding hydrogens is 258 g/mol. The van der Waals surface area contributed by atoms with Crippen LogP contribution in [0.5, 0.6) is 5.75 Å². The second-order valence-electron chi connectivity index (χ2n) is 4.57. The molecule has 0 spiro atoms. The van der Waals surface area contributed by atoms with Crippen LogP contribution in [-0.2, 0) is 11.2 Å². The third kappa shape index (κ3) is 4.48. The Hall–Kier alpha value is -1.13. The highest BCUT2D eigenvalue weighted by molar-refractivity contribution is 7.80. The van der Waals surface area contributed by atoms with Gasteiger partial charge < -0.3 is 14.4 Å². The number of hydrogen-bond donors (Lipinski definition) is 0. The summed E-state index contributed by atoms with van der Waals surface area (Å²) in [5.41, 5.74) is 1.30. The second-order valence-corrected chi connectivity index (χ2v) is 5.04. The van der Waals surface area contributed by atoms with Crippen molar-refractivity contribution in [1.82, 2.24) is 4.90 Å². The number of benzene rings is 1. The Morgan fingerprint density at radius 2 is 1.95 bits per heavy atom. The Balaban J connectivity index is 1.79. The predicted molar refractivity (Wildman–Crippen MR) is 80.9 cm³/mol. The number of hydrogen-bond acceptors (Lipinski definition) is 3. The molecule has 1 heterocycles. The molecule has 0 radical (unpaired) electrons. The Morgan fingerprint density at radius 1 is 1.26 bits per heavy atom. The number of nitrogens with zero attached hydrogens (tertiary/aromatic N) is 1. The van der Waals surface area contributed by atoms with Gasteiger partial charge >= 0.3 is 0 Å². The molecule has 0 unspecified atom stereocenters. The van der Waals surface area contributed by atoms with Gasteiger partial charge in [0.05, 0.1) is 24.8 Å². The van der Waals surface area contributed by atoms with Crippen LogP contribution in [0.1, 0.15) is 18.9 Å². The van der Waals surface area contributed by atoms with Gasteiger partial charge in [0, 0.05) is 19.5 Å². The molecule has 1 aromatic rings. The van der Waals surface area contributed by atoms with Crippen molar-refractivity contribution < 1.29 is 9.47 Å². The first-order valence-electron chi connectivity index (χ1n) is 6.87. The van der Waals surface area contributed by atoms with Gasteiger partial charge in [-0.25, -0.2) is 0 Å². The van der Waals surface area contributed by atoms with Crippen LogP contribution in [0.4, 0.5) is 0 Å². The standard InChI is InChI=1S/C15H21NO2S/c1-2-18-14-6-3-13(4-7-14)5-8-15(19)16-9-11-17-12-10-16/h3-4,6-7H,2,5,8-12H2,1H3. The number of thiocarbonyl (C=S) groups is 1. The lowest BCUT2D eigenvalue weighted by Gasteiger charge is -2.29. The van der Waals surface area contributed by atoms with E-state index in [2.05, 4.69) is 17.0 Å². The van der Waals surface area contributed by atoms with Crippen molar-refractivity contribution >= 4 is 17.2 Å². The monoisotopic (exact) mass is 279 g/mol. The lowest BCUT2D eigenvalue weighted by atomic mass is 10.1. The van der Waals surface area contributed by atoms with Crippen LogP contribution in [0.2, 0.25) is 0 Å². The Labute approximate surface area is 120 Å². The lowest BCUT2D eigenvalue weighted by Crippen LogP contribution is -2.39. The normalized spacial score (nSPS) is 15.3. The average molecular weight is 279 g/mol. The Morgan fingerprint density at radius 3 is 2.58 bits per heavy atom. The molecule has 0 amide bonds. The molecule has 1 fully saturated rings. The zero-order valence-electron chi connectivity index (χ0n) is 11.4. The van der Waals surface area contributed by atoms with Crippen molar-refractivity contribution in [2.45, 2.75) is 19.8 Å². The van der Waals surface area contributed by atoms with Gasteiger partial charge in [-0.05, 0) is 31.0 Å². The summed E-state index contributed by atoms with van der Waals surface area (Å²) < 4.78 is 10.8. The summed E-state index contributed by atoms with van der Waals surface area (Å²) >= 11 is 5.49. The molecule has 0 N–H and O–H groups in total. The predicted octanol–water partition coefficient (Wildman–Crippen LogP) is 2.68. The first-order valence-corrected chi connectivity index (χ1v) is 7.27. The van der Waals surface area contributed by atoms with E-state index in [0.29, 0.717) is 6.61 Å². The van der Waals surface area contributed by atoms with Crippen molar-refractivity contribution in [2.75, 3.05) is 32.9 Å². The molecule has 3 nitrogen and oxygen atoms in total. The molecule has 0 aliphatic carbocycles. The molecular formula is C15H21NO2S. The molecule has 1 aliphatic heterocycles. The molecule has 1 aliphatic rings. The molecule has 1 saturated heterocycles. The van der Waals surface area contributed by atoms with E-state index >= 15 is 0 Å². The van der Waals surface area contributed by atoms with Crippen molar-refractivity contribution in [3.8, 4) is 5.75 Å². The highest BCUT2D eigenvalue weighted by atomic mass is 32.1. The minimum atomic E-state index is 0.709. The summed E-state index contributed by atoms with van der Waals surface area (Å²) in [5, 5.41) is 0. The summed E-state index contributed by atoms with van der Waals surface area (Å²) in [6.45, 7) is 6.16. The minimum absolute atomic E-state index is 0.709. The van der Waals surface area contributed by atoms with Crippen LogP contribution in [0.25, 0.3) is 0 Å². The highest BCUT2D eigenvalue weighted by Gasteiger charge is 2.13. The van der Waals surface area contributed by atoms with Crippen molar-refractivity contribution in [3.05, 3.63) is 29.8 Å². The fourth-order valence-corrected chi connectivity index (χ4v) is 2.43. The number of ether oxygens (including phenoxy) is 2. The van der Waals surface area contributed by atoms with Crippen molar-refractivity contribution in [3.63, 3.8) is 0 Å². The Bertz CT molecular complexity index is 399. The summed E-state index contributed by atoms with van der Waals surface area (Å²) in [7, 11) is 0. The second kappa shape index (κ2) is 7.46. The van der Waals surface area contributed by atoms with E-state index in [1.807, 2.05) is 19.1 Å². The van der Waals surface area contributed by atoms with E-state index in [-0.39, 0.29) is 0 Å². The zero-order valence-corrected chi connectivity index (χ0v) is 12.2. The smallest absolute Gasteiger partial charge is 0.119 e. The van der Waals surface area contributed by atoms with Crippen LogP contribution >= 0.6 is 12.2 Å². The van der Waals surface area contributed by atoms with Crippen molar-refractivity contribution in [1.29, 1.82) is 0 Å². The van der Waals surface area contributed by atoms with Gasteiger partial charge in [0.25, 0.3) is 0 Å². The van der Waals surface area contributed by atoms with Crippen LogP contribution < -0.4 is 4.74 Å². The van der Waals surface area contributed by atoms with E-state index in [1.165, 1.54) is 5.56 Å². The molecule has 1 aromatic carbocycles.